The van der Waals surface area contributed by atoms with Crippen LogP contribution in [0, 0.1) is 0 Å². The fraction of sp³-hybridized carbons (Fsp3) is 0.300. The topological polar surface area (TPSA) is 101 Å². The van der Waals surface area contributed by atoms with E-state index in [2.05, 4.69) is 18.4 Å². The van der Waals surface area contributed by atoms with E-state index >= 15 is 0 Å². The average Bonchev–Trinajstić information content (AvgIpc) is 3.24. The summed E-state index contributed by atoms with van der Waals surface area (Å²) in [7, 11) is 0. The molecule has 7 nitrogen and oxygen atoms in total. The third-order valence-corrected chi connectivity index (χ3v) is 6.64. The van der Waals surface area contributed by atoms with Crippen molar-refractivity contribution in [3.05, 3.63) is 83.7 Å². The minimum atomic E-state index is -0.940. The number of primary amides is 1. The molecule has 0 atom stereocenters. The number of fused-ring (bicyclic) bond motifs is 1. The minimum absolute atomic E-state index is 0.285. The number of nitrogens with two attached hydrogens (primary N) is 1. The zero-order valence-electron chi connectivity index (χ0n) is 21.5. The van der Waals surface area contributed by atoms with Crippen LogP contribution in [0.15, 0.2) is 66.7 Å². The van der Waals surface area contributed by atoms with Crippen LogP contribution in [0.3, 0.4) is 0 Å². The fourth-order valence-electron chi connectivity index (χ4n) is 4.61. The molecule has 0 bridgehead atoms. The summed E-state index contributed by atoms with van der Waals surface area (Å²) in [5, 5.41) is 9.56. The van der Waals surface area contributed by atoms with E-state index in [-0.39, 0.29) is 5.56 Å². The highest BCUT2D eigenvalue weighted by Crippen LogP contribution is 2.27. The van der Waals surface area contributed by atoms with Crippen molar-refractivity contribution < 1.29 is 14.7 Å². The second-order valence-corrected chi connectivity index (χ2v) is 9.28. The highest BCUT2D eigenvalue weighted by Gasteiger charge is 2.17. The van der Waals surface area contributed by atoms with E-state index in [4.69, 9.17) is 10.7 Å². The lowest BCUT2D eigenvalue weighted by Crippen LogP contribution is -2.36. The molecular weight excluding hydrogens is 464 g/mol. The molecule has 4 rings (SSSR count). The Morgan fingerprint density at radius 2 is 1.70 bits per heavy atom. The molecule has 7 heteroatoms. The Balaban J connectivity index is 1.70. The van der Waals surface area contributed by atoms with Crippen LogP contribution in [0.5, 0.6) is 0 Å². The summed E-state index contributed by atoms with van der Waals surface area (Å²) in [5.41, 5.74) is 11.3. The van der Waals surface area contributed by atoms with Crippen molar-refractivity contribution >= 4 is 28.7 Å². The number of carbonyl (C=O) groups is 2. The predicted molar refractivity (Wildman–Crippen MR) is 148 cm³/mol. The number of aromatic nitrogens is 2. The number of hydrogen-bond donors (Lipinski definition) is 2. The van der Waals surface area contributed by atoms with E-state index < -0.39 is 12.0 Å². The highest BCUT2D eigenvalue weighted by atomic mass is 16.4. The molecule has 3 N–H and O–H groups in total. The first-order valence-corrected chi connectivity index (χ1v) is 12.9. The van der Waals surface area contributed by atoms with Crippen LogP contribution < -0.4 is 10.6 Å². The normalized spacial score (nSPS) is 11.1. The Morgan fingerprint density at radius 1 is 0.973 bits per heavy atom. The van der Waals surface area contributed by atoms with Crippen LogP contribution in [0.4, 0.5) is 10.5 Å². The maximum absolute atomic E-state index is 12.2. The number of carbonyl (C=O) groups excluding carboxylic acids is 1. The second kappa shape index (κ2) is 11.7. The SMILES string of the molecule is CCCCc1nc2ccc(N(CCCC)C(N)=O)cc2n1Cc1ccc(-c2ccccc2C(=O)O)cc1. The lowest BCUT2D eigenvalue weighted by atomic mass is 9.99. The van der Waals surface area contributed by atoms with E-state index in [0.29, 0.717) is 18.7 Å². The molecule has 0 unspecified atom stereocenters. The Kier molecular flexibility index (Phi) is 8.23. The van der Waals surface area contributed by atoms with Gasteiger partial charge in [0.05, 0.1) is 16.6 Å². The lowest BCUT2D eigenvalue weighted by molar-refractivity contribution is 0.0697. The molecule has 1 aromatic heterocycles. The molecule has 192 valence electrons. The van der Waals surface area contributed by atoms with Crippen molar-refractivity contribution in [3.63, 3.8) is 0 Å². The number of amides is 2. The van der Waals surface area contributed by atoms with E-state index in [9.17, 15) is 14.7 Å². The fourth-order valence-corrected chi connectivity index (χ4v) is 4.61. The standard InChI is InChI=1S/C30H34N4O3/c1-3-5-11-28-32-26-17-16-23(33(30(31)37)18-6-4-2)19-27(26)34(28)20-21-12-14-22(15-13-21)24-9-7-8-10-25(24)29(35)36/h7-10,12-17,19H,3-6,11,18,20H2,1-2H3,(H2,31,37)(H,35,36). The van der Waals surface area contributed by atoms with Gasteiger partial charge in [-0.15, -0.1) is 0 Å². The van der Waals surface area contributed by atoms with E-state index in [1.807, 2.05) is 54.6 Å². The van der Waals surface area contributed by atoms with Gasteiger partial charge in [-0.25, -0.2) is 14.6 Å². The Labute approximate surface area is 217 Å². The molecule has 0 spiro atoms. The van der Waals surface area contributed by atoms with Crippen LogP contribution in [0.25, 0.3) is 22.2 Å². The molecule has 1 heterocycles. The summed E-state index contributed by atoms with van der Waals surface area (Å²) < 4.78 is 2.22. The van der Waals surface area contributed by atoms with Gasteiger partial charge in [-0.1, -0.05) is 69.2 Å². The van der Waals surface area contributed by atoms with Gasteiger partial charge >= 0.3 is 12.0 Å². The Morgan fingerprint density at radius 3 is 2.38 bits per heavy atom. The van der Waals surface area contributed by atoms with Crippen molar-refractivity contribution in [3.8, 4) is 11.1 Å². The predicted octanol–water partition coefficient (Wildman–Crippen LogP) is 6.48. The number of hydrogen-bond acceptors (Lipinski definition) is 3. The molecular formula is C30H34N4O3. The molecule has 2 amide bonds. The zero-order chi connectivity index (χ0) is 26.4. The van der Waals surface area contributed by atoms with Crippen molar-refractivity contribution in [1.82, 2.24) is 9.55 Å². The van der Waals surface area contributed by atoms with E-state index in [0.717, 1.165) is 65.8 Å². The lowest BCUT2D eigenvalue weighted by Gasteiger charge is -2.20. The number of urea groups is 1. The van der Waals surface area contributed by atoms with E-state index in [1.165, 1.54) is 0 Å². The smallest absolute Gasteiger partial charge is 0.336 e. The first kappa shape index (κ1) is 25.9. The summed E-state index contributed by atoms with van der Waals surface area (Å²) in [6, 6.07) is 20.5. The monoisotopic (exact) mass is 498 g/mol. The van der Waals surface area contributed by atoms with Gasteiger partial charge in [0.25, 0.3) is 0 Å². The minimum Gasteiger partial charge on any atom is -0.478 e. The van der Waals surface area contributed by atoms with Crippen molar-refractivity contribution in [2.24, 2.45) is 5.73 Å². The average molecular weight is 499 g/mol. The molecule has 3 aromatic carbocycles. The molecule has 0 radical (unpaired) electrons. The molecule has 0 fully saturated rings. The number of carboxylic acids is 1. The van der Waals surface area contributed by atoms with Crippen molar-refractivity contribution in [1.29, 1.82) is 0 Å². The number of benzene rings is 3. The number of rotatable bonds is 11. The molecule has 0 aliphatic carbocycles. The van der Waals surface area contributed by atoms with E-state index in [1.54, 1.807) is 17.0 Å². The molecule has 0 saturated heterocycles. The van der Waals surface area contributed by atoms with Gasteiger partial charge in [-0.05, 0) is 53.8 Å². The summed E-state index contributed by atoms with van der Waals surface area (Å²) in [6.07, 6.45) is 4.81. The summed E-state index contributed by atoms with van der Waals surface area (Å²) in [4.78, 5) is 30.4. The van der Waals surface area contributed by atoms with Gasteiger partial charge in [0.2, 0.25) is 0 Å². The second-order valence-electron chi connectivity index (χ2n) is 9.28. The molecule has 0 aliphatic rings. The van der Waals surface area contributed by atoms with Gasteiger partial charge in [0.1, 0.15) is 5.82 Å². The van der Waals surface area contributed by atoms with Crippen LogP contribution in [0.2, 0.25) is 0 Å². The Hall–Kier alpha value is -4.13. The third kappa shape index (κ3) is 5.82. The number of nitrogens with zero attached hydrogens (tertiary/aromatic N) is 3. The van der Waals surface area contributed by atoms with Crippen LogP contribution in [-0.2, 0) is 13.0 Å². The van der Waals surface area contributed by atoms with Gasteiger partial charge in [-0.2, -0.15) is 0 Å². The highest BCUT2D eigenvalue weighted by molar-refractivity contribution is 5.96. The third-order valence-electron chi connectivity index (χ3n) is 6.64. The first-order valence-electron chi connectivity index (χ1n) is 12.9. The summed E-state index contributed by atoms with van der Waals surface area (Å²) in [5.74, 6) is 0.0679. The maximum atomic E-state index is 12.2. The summed E-state index contributed by atoms with van der Waals surface area (Å²) in [6.45, 7) is 5.44. The number of carboxylic acid groups (broad SMARTS) is 1. The van der Waals surface area contributed by atoms with Gasteiger partial charge in [0, 0.05) is 25.2 Å². The number of aryl methyl sites for hydroxylation is 1. The summed E-state index contributed by atoms with van der Waals surface area (Å²) >= 11 is 0. The van der Waals surface area contributed by atoms with Crippen molar-refractivity contribution in [2.75, 3.05) is 11.4 Å². The van der Waals surface area contributed by atoms with Gasteiger partial charge < -0.3 is 15.4 Å². The number of unbranched alkanes of at least 4 members (excludes halogenated alkanes) is 2. The van der Waals surface area contributed by atoms with Gasteiger partial charge in [0.15, 0.2) is 0 Å². The maximum Gasteiger partial charge on any atom is 0.336 e. The first-order chi connectivity index (χ1) is 17.9. The quantitative estimate of drug-likeness (QED) is 0.247. The largest absolute Gasteiger partial charge is 0.478 e. The Bertz CT molecular complexity index is 1390. The van der Waals surface area contributed by atoms with Crippen molar-refractivity contribution in [2.45, 2.75) is 52.5 Å². The van der Waals surface area contributed by atoms with Crippen LogP contribution >= 0.6 is 0 Å². The number of aromatic carboxylic acids is 1. The molecule has 0 aliphatic heterocycles. The van der Waals surface area contributed by atoms with Gasteiger partial charge in [-0.3, -0.25) is 4.90 Å². The van der Waals surface area contributed by atoms with Crippen LogP contribution in [0.1, 0.15) is 61.3 Å². The number of imidazole rings is 1. The molecule has 4 aromatic rings. The molecule has 0 saturated carbocycles. The zero-order valence-corrected chi connectivity index (χ0v) is 21.5. The molecule has 37 heavy (non-hydrogen) atoms. The number of anilines is 1. The van der Waals surface area contributed by atoms with Crippen LogP contribution in [-0.4, -0.2) is 33.2 Å².